The van der Waals surface area contributed by atoms with E-state index in [-0.39, 0.29) is 0 Å². The average Bonchev–Trinajstić information content (AvgIpc) is 2.86. The number of piperidine rings is 1. The zero-order valence-electron chi connectivity index (χ0n) is 11.0. The minimum Gasteiger partial charge on any atom is -0.316 e. The maximum absolute atomic E-state index is 3.72. The molecule has 0 aliphatic carbocycles. The zero-order chi connectivity index (χ0) is 13.2. The summed E-state index contributed by atoms with van der Waals surface area (Å²) in [4.78, 5) is 1.57. The molecule has 0 bridgehead atoms. The van der Waals surface area contributed by atoms with Gasteiger partial charge in [0.05, 0.1) is 0 Å². The van der Waals surface area contributed by atoms with E-state index in [1.165, 1.54) is 22.0 Å². The average molecular weight is 336 g/mol. The van der Waals surface area contributed by atoms with Crippen LogP contribution >= 0.6 is 27.3 Å². The van der Waals surface area contributed by atoms with Crippen LogP contribution in [0, 0.1) is 6.92 Å². The molecular weight excluding hydrogens is 318 g/mol. The van der Waals surface area contributed by atoms with Gasteiger partial charge in [-0.05, 0) is 48.5 Å². The molecule has 19 heavy (non-hydrogen) atoms. The lowest BCUT2D eigenvalue weighted by molar-refractivity contribution is 0.406. The van der Waals surface area contributed by atoms with Crippen LogP contribution in [0.1, 0.15) is 34.3 Å². The van der Waals surface area contributed by atoms with Gasteiger partial charge in [-0.3, -0.25) is 0 Å². The summed E-state index contributed by atoms with van der Waals surface area (Å²) in [7, 11) is 0. The number of hydrogen-bond acceptors (Lipinski definition) is 2. The van der Waals surface area contributed by atoms with Crippen LogP contribution in [-0.4, -0.2) is 13.1 Å². The molecule has 2 aromatic rings. The molecule has 1 saturated heterocycles. The van der Waals surface area contributed by atoms with Crippen molar-refractivity contribution in [1.29, 1.82) is 0 Å². The number of nitrogens with one attached hydrogen (secondary N) is 1. The molecule has 0 radical (unpaired) electrons. The fraction of sp³-hybridized carbons (Fsp3) is 0.375. The van der Waals surface area contributed by atoms with E-state index in [1.54, 1.807) is 4.88 Å². The molecule has 3 heteroatoms. The summed E-state index contributed by atoms with van der Waals surface area (Å²) in [6.45, 7) is 4.44. The molecule has 1 aromatic carbocycles. The molecule has 2 unspecified atom stereocenters. The lowest BCUT2D eigenvalue weighted by Crippen LogP contribution is -2.34. The molecule has 100 valence electrons. The third kappa shape index (κ3) is 2.64. The molecule has 1 N–H and O–H groups in total. The Bertz CT molecular complexity index is 563. The monoisotopic (exact) mass is 335 g/mol. The molecule has 1 nitrogen and oxygen atoms in total. The highest BCUT2D eigenvalue weighted by Crippen LogP contribution is 2.42. The van der Waals surface area contributed by atoms with Crippen molar-refractivity contribution in [3.63, 3.8) is 0 Å². The van der Waals surface area contributed by atoms with Crippen LogP contribution in [0.4, 0.5) is 0 Å². The van der Waals surface area contributed by atoms with E-state index in [9.17, 15) is 0 Å². The molecule has 2 heterocycles. The Balaban J connectivity index is 1.98. The first-order valence-electron chi connectivity index (χ1n) is 6.76. The van der Waals surface area contributed by atoms with Gasteiger partial charge in [-0.15, -0.1) is 11.3 Å². The quantitative estimate of drug-likeness (QED) is 0.840. The molecule has 0 spiro atoms. The summed E-state index contributed by atoms with van der Waals surface area (Å²) in [5, 5.41) is 5.78. The fourth-order valence-electron chi connectivity index (χ4n) is 3.04. The summed E-state index contributed by atoms with van der Waals surface area (Å²) in [6.07, 6.45) is 1.23. The highest BCUT2D eigenvalue weighted by atomic mass is 79.9. The lowest BCUT2D eigenvalue weighted by Gasteiger charge is -2.33. The van der Waals surface area contributed by atoms with Gasteiger partial charge in [0.25, 0.3) is 0 Å². The number of rotatable bonds is 2. The second-order valence-corrected chi connectivity index (χ2v) is 7.00. The zero-order valence-corrected chi connectivity index (χ0v) is 13.4. The normalized spacial score (nSPS) is 23.5. The van der Waals surface area contributed by atoms with Gasteiger partial charge in [0.15, 0.2) is 0 Å². The Kier molecular flexibility index (Phi) is 4.06. The van der Waals surface area contributed by atoms with Gasteiger partial charge >= 0.3 is 0 Å². The fourth-order valence-corrected chi connectivity index (χ4v) is 4.75. The standard InChI is InChI=1S/C16H18BrNS/c1-11-7-9-19-16(11)13-6-8-18-10-14(13)12-4-2-3-5-15(12)17/h2-5,7,9,13-14,18H,6,8,10H2,1H3. The molecule has 0 amide bonds. The van der Waals surface area contributed by atoms with E-state index in [0.717, 1.165) is 13.1 Å². The lowest BCUT2D eigenvalue weighted by atomic mass is 9.80. The SMILES string of the molecule is Cc1ccsc1C1CCNCC1c1ccccc1Br. The largest absolute Gasteiger partial charge is 0.316 e. The molecule has 1 fully saturated rings. The first-order chi connectivity index (χ1) is 9.27. The van der Waals surface area contributed by atoms with E-state index in [0.29, 0.717) is 11.8 Å². The molecule has 1 aliphatic rings. The van der Waals surface area contributed by atoms with Gasteiger partial charge in [0.2, 0.25) is 0 Å². The topological polar surface area (TPSA) is 12.0 Å². The maximum atomic E-state index is 3.72. The van der Waals surface area contributed by atoms with Crippen molar-refractivity contribution in [2.45, 2.75) is 25.2 Å². The van der Waals surface area contributed by atoms with E-state index in [1.807, 2.05) is 11.3 Å². The van der Waals surface area contributed by atoms with Crippen LogP contribution < -0.4 is 5.32 Å². The minimum atomic E-state index is 0.571. The summed E-state index contributed by atoms with van der Waals surface area (Å²) in [6, 6.07) is 10.9. The molecule has 1 aliphatic heterocycles. The first-order valence-corrected chi connectivity index (χ1v) is 8.44. The summed E-state index contributed by atoms with van der Waals surface area (Å²) < 4.78 is 1.24. The summed E-state index contributed by atoms with van der Waals surface area (Å²) >= 11 is 5.63. The van der Waals surface area contributed by atoms with Gasteiger partial charge < -0.3 is 5.32 Å². The van der Waals surface area contributed by atoms with Gasteiger partial charge in [0, 0.05) is 27.7 Å². The van der Waals surface area contributed by atoms with Crippen molar-refractivity contribution >= 4 is 27.3 Å². The van der Waals surface area contributed by atoms with E-state index in [2.05, 4.69) is 63.9 Å². The molecule has 1 aromatic heterocycles. The van der Waals surface area contributed by atoms with Crippen LogP contribution in [-0.2, 0) is 0 Å². The van der Waals surface area contributed by atoms with Gasteiger partial charge in [-0.1, -0.05) is 34.1 Å². The van der Waals surface area contributed by atoms with Crippen LogP contribution in [0.5, 0.6) is 0 Å². The van der Waals surface area contributed by atoms with Crippen molar-refractivity contribution in [2.75, 3.05) is 13.1 Å². The second kappa shape index (κ2) is 5.78. The third-order valence-electron chi connectivity index (χ3n) is 4.03. The highest BCUT2D eigenvalue weighted by molar-refractivity contribution is 9.10. The molecule has 2 atom stereocenters. The van der Waals surface area contributed by atoms with Crippen LogP contribution in [0.25, 0.3) is 0 Å². The van der Waals surface area contributed by atoms with Crippen LogP contribution in [0.3, 0.4) is 0 Å². The molecule has 0 saturated carbocycles. The highest BCUT2D eigenvalue weighted by Gasteiger charge is 2.30. The number of thiophene rings is 1. The van der Waals surface area contributed by atoms with Crippen molar-refractivity contribution in [3.05, 3.63) is 56.2 Å². The Hall–Kier alpha value is -0.640. The van der Waals surface area contributed by atoms with Crippen LogP contribution in [0.2, 0.25) is 0 Å². The van der Waals surface area contributed by atoms with Crippen molar-refractivity contribution in [3.8, 4) is 0 Å². The smallest absolute Gasteiger partial charge is 0.0210 e. The Morgan fingerprint density at radius 1 is 1.21 bits per heavy atom. The first kappa shape index (κ1) is 13.3. The molecule has 3 rings (SSSR count). The summed E-state index contributed by atoms with van der Waals surface area (Å²) in [5.41, 5.74) is 2.89. The Morgan fingerprint density at radius 3 is 2.79 bits per heavy atom. The number of benzene rings is 1. The second-order valence-electron chi connectivity index (χ2n) is 5.20. The number of halogens is 1. The van der Waals surface area contributed by atoms with Crippen LogP contribution in [0.15, 0.2) is 40.2 Å². The molecular formula is C16H18BrNS. The maximum Gasteiger partial charge on any atom is 0.0210 e. The third-order valence-corrected chi connectivity index (χ3v) is 5.90. The van der Waals surface area contributed by atoms with E-state index < -0.39 is 0 Å². The predicted octanol–water partition coefficient (Wildman–Crippen LogP) is 4.68. The Labute approximate surface area is 127 Å². The predicted molar refractivity (Wildman–Crippen MR) is 86.2 cm³/mol. The number of hydrogen-bond donors (Lipinski definition) is 1. The van der Waals surface area contributed by atoms with E-state index >= 15 is 0 Å². The van der Waals surface area contributed by atoms with Crippen molar-refractivity contribution in [2.24, 2.45) is 0 Å². The van der Waals surface area contributed by atoms with Gasteiger partial charge in [-0.2, -0.15) is 0 Å². The van der Waals surface area contributed by atoms with Gasteiger partial charge in [-0.25, -0.2) is 0 Å². The van der Waals surface area contributed by atoms with E-state index in [4.69, 9.17) is 0 Å². The van der Waals surface area contributed by atoms with Gasteiger partial charge in [0.1, 0.15) is 0 Å². The number of aryl methyl sites for hydroxylation is 1. The van der Waals surface area contributed by atoms with Crippen molar-refractivity contribution < 1.29 is 0 Å². The minimum absolute atomic E-state index is 0.571. The Morgan fingerprint density at radius 2 is 2.05 bits per heavy atom. The van der Waals surface area contributed by atoms with Crippen molar-refractivity contribution in [1.82, 2.24) is 5.32 Å². The summed E-state index contributed by atoms with van der Waals surface area (Å²) in [5.74, 6) is 1.22.